The number of pyridine rings is 2. The van der Waals surface area contributed by atoms with E-state index in [4.69, 9.17) is 22.1 Å². The summed E-state index contributed by atoms with van der Waals surface area (Å²) in [6.07, 6.45) is 3.41. The molecule has 2 aromatic heterocycles. The van der Waals surface area contributed by atoms with Crippen LogP contribution < -0.4 is 16.0 Å². The zero-order chi connectivity index (χ0) is 17.2. The lowest BCUT2D eigenvalue weighted by Gasteiger charge is -2.43. The maximum absolute atomic E-state index is 5.96. The number of nitrogens with two attached hydrogens (primary N) is 1. The number of nitrogen functional groups attached to an aromatic ring is 1. The molecule has 0 amide bonds. The highest BCUT2D eigenvalue weighted by molar-refractivity contribution is 6.30. The van der Waals surface area contributed by atoms with Gasteiger partial charge >= 0.3 is 0 Å². The van der Waals surface area contributed by atoms with E-state index in [0.29, 0.717) is 28.4 Å². The summed E-state index contributed by atoms with van der Waals surface area (Å²) in [5.74, 6) is 1.11. The van der Waals surface area contributed by atoms with E-state index >= 15 is 0 Å². The number of ether oxygens (including phenoxy) is 1. The molecule has 0 radical (unpaired) electrons. The summed E-state index contributed by atoms with van der Waals surface area (Å²) in [6.45, 7) is 5.91. The largest absolute Gasteiger partial charge is 0.382 e. The lowest BCUT2D eigenvalue weighted by atomic mass is 10.2. The highest BCUT2D eigenvalue weighted by atomic mass is 35.5. The van der Waals surface area contributed by atoms with Crippen molar-refractivity contribution in [3.63, 3.8) is 0 Å². The number of rotatable bonds is 4. The molecule has 0 bridgehead atoms. The standard InChI is InChI=1S/C17H21ClN6O/c18-12-7-15(17(19)21-8-12)22-16-2-1-13(9-20-16)23-3-5-24(6-4-23)14-10-25-11-14/h1-2,7-9,14H,3-6,10-11H2,(H2,19,21)(H,20,22). The highest BCUT2D eigenvalue weighted by Crippen LogP contribution is 2.25. The summed E-state index contributed by atoms with van der Waals surface area (Å²) in [7, 11) is 0. The maximum Gasteiger partial charge on any atom is 0.147 e. The van der Waals surface area contributed by atoms with Crippen LogP contribution in [0, 0.1) is 0 Å². The minimum Gasteiger partial charge on any atom is -0.382 e. The van der Waals surface area contributed by atoms with Crippen molar-refractivity contribution < 1.29 is 4.74 Å². The molecule has 0 atom stereocenters. The van der Waals surface area contributed by atoms with Crippen molar-refractivity contribution in [2.75, 3.05) is 55.3 Å². The van der Waals surface area contributed by atoms with Gasteiger partial charge in [-0.2, -0.15) is 0 Å². The molecule has 0 spiro atoms. The van der Waals surface area contributed by atoms with Gasteiger partial charge in [0.1, 0.15) is 11.6 Å². The Hall–Kier alpha value is -2.09. The minimum absolute atomic E-state index is 0.395. The Kier molecular flexibility index (Phi) is 4.61. The molecule has 2 aliphatic rings. The zero-order valence-corrected chi connectivity index (χ0v) is 14.6. The van der Waals surface area contributed by atoms with Crippen molar-refractivity contribution in [2.45, 2.75) is 6.04 Å². The summed E-state index contributed by atoms with van der Waals surface area (Å²) in [5.41, 5.74) is 7.64. The molecule has 2 saturated heterocycles. The summed E-state index contributed by atoms with van der Waals surface area (Å²) in [5, 5.41) is 3.69. The third-order valence-electron chi connectivity index (χ3n) is 4.71. The SMILES string of the molecule is Nc1ncc(Cl)cc1Nc1ccc(N2CCN(C3COC3)CC2)cn1. The number of hydrogen-bond acceptors (Lipinski definition) is 7. The number of piperazine rings is 1. The van der Waals surface area contributed by atoms with Crippen LogP contribution in [-0.2, 0) is 4.74 Å². The molecule has 2 aromatic rings. The second-order valence-corrected chi connectivity index (χ2v) is 6.76. The van der Waals surface area contributed by atoms with Crippen LogP contribution in [0.15, 0.2) is 30.6 Å². The van der Waals surface area contributed by atoms with Gasteiger partial charge in [0.25, 0.3) is 0 Å². The van der Waals surface area contributed by atoms with Crippen LogP contribution in [0.25, 0.3) is 0 Å². The Balaban J connectivity index is 1.38. The lowest BCUT2D eigenvalue weighted by molar-refractivity contribution is -0.0660. The van der Waals surface area contributed by atoms with E-state index in [0.717, 1.165) is 45.1 Å². The first-order valence-electron chi connectivity index (χ1n) is 8.40. The Morgan fingerprint density at radius 1 is 1.12 bits per heavy atom. The lowest BCUT2D eigenvalue weighted by Crippen LogP contribution is -2.56. The Morgan fingerprint density at radius 2 is 1.92 bits per heavy atom. The van der Waals surface area contributed by atoms with Crippen LogP contribution in [0.1, 0.15) is 0 Å². The van der Waals surface area contributed by atoms with Crippen LogP contribution in [0.2, 0.25) is 5.02 Å². The highest BCUT2D eigenvalue weighted by Gasteiger charge is 2.28. The second kappa shape index (κ2) is 7.03. The Bertz CT molecular complexity index is 728. The molecule has 132 valence electrons. The van der Waals surface area contributed by atoms with Gasteiger partial charge in [-0.1, -0.05) is 11.6 Å². The first kappa shape index (κ1) is 16.4. The predicted molar refractivity (Wildman–Crippen MR) is 99.6 cm³/mol. The van der Waals surface area contributed by atoms with Crippen LogP contribution in [0.3, 0.4) is 0 Å². The number of anilines is 4. The van der Waals surface area contributed by atoms with Gasteiger partial charge in [0.15, 0.2) is 0 Å². The average Bonchev–Trinajstić information content (AvgIpc) is 2.58. The van der Waals surface area contributed by atoms with E-state index in [1.165, 1.54) is 6.20 Å². The van der Waals surface area contributed by atoms with Crippen LogP contribution >= 0.6 is 11.6 Å². The molecule has 25 heavy (non-hydrogen) atoms. The molecule has 0 aromatic carbocycles. The van der Waals surface area contributed by atoms with E-state index in [1.807, 2.05) is 12.3 Å². The van der Waals surface area contributed by atoms with E-state index in [1.54, 1.807) is 6.07 Å². The molecule has 8 heteroatoms. The van der Waals surface area contributed by atoms with Crippen molar-refractivity contribution in [3.05, 3.63) is 35.6 Å². The van der Waals surface area contributed by atoms with Gasteiger partial charge in [0.05, 0.1) is 41.8 Å². The van der Waals surface area contributed by atoms with Crippen molar-refractivity contribution in [2.24, 2.45) is 0 Å². The molecular weight excluding hydrogens is 340 g/mol. The quantitative estimate of drug-likeness (QED) is 0.862. The molecule has 4 rings (SSSR count). The summed E-state index contributed by atoms with van der Waals surface area (Å²) in [6, 6.07) is 6.37. The molecule has 3 N–H and O–H groups in total. The molecular formula is C17H21ClN6O. The number of nitrogens with one attached hydrogen (secondary N) is 1. The van der Waals surface area contributed by atoms with Crippen molar-refractivity contribution in [1.29, 1.82) is 0 Å². The third kappa shape index (κ3) is 3.63. The minimum atomic E-state index is 0.395. The normalized spacial score (nSPS) is 18.8. The topological polar surface area (TPSA) is 79.5 Å². The van der Waals surface area contributed by atoms with Crippen molar-refractivity contribution >= 4 is 34.6 Å². The molecule has 0 unspecified atom stereocenters. The number of aromatic nitrogens is 2. The van der Waals surface area contributed by atoms with Crippen LogP contribution in [0.4, 0.5) is 23.0 Å². The van der Waals surface area contributed by atoms with Gasteiger partial charge in [-0.3, -0.25) is 4.90 Å². The number of hydrogen-bond donors (Lipinski definition) is 2. The fraction of sp³-hybridized carbons (Fsp3) is 0.412. The molecule has 0 saturated carbocycles. The first-order valence-corrected chi connectivity index (χ1v) is 8.78. The van der Waals surface area contributed by atoms with Gasteiger partial charge in [-0.25, -0.2) is 9.97 Å². The maximum atomic E-state index is 5.96. The summed E-state index contributed by atoms with van der Waals surface area (Å²) in [4.78, 5) is 13.4. The van der Waals surface area contributed by atoms with Gasteiger partial charge in [-0.15, -0.1) is 0 Å². The predicted octanol–water partition coefficient (Wildman–Crippen LogP) is 1.98. The monoisotopic (exact) mass is 360 g/mol. The van der Waals surface area contributed by atoms with Gasteiger partial charge in [0, 0.05) is 32.4 Å². The molecule has 4 heterocycles. The number of halogens is 1. The van der Waals surface area contributed by atoms with E-state index < -0.39 is 0 Å². The second-order valence-electron chi connectivity index (χ2n) is 6.33. The van der Waals surface area contributed by atoms with Crippen molar-refractivity contribution in [3.8, 4) is 0 Å². The van der Waals surface area contributed by atoms with Crippen molar-refractivity contribution in [1.82, 2.24) is 14.9 Å². The Labute approximate surface area is 151 Å². The fourth-order valence-electron chi connectivity index (χ4n) is 3.11. The van der Waals surface area contributed by atoms with E-state index in [2.05, 4.69) is 31.2 Å². The zero-order valence-electron chi connectivity index (χ0n) is 13.9. The molecule has 2 fully saturated rings. The van der Waals surface area contributed by atoms with Crippen LogP contribution in [0.5, 0.6) is 0 Å². The molecule has 2 aliphatic heterocycles. The molecule has 7 nitrogen and oxygen atoms in total. The Morgan fingerprint density at radius 3 is 2.56 bits per heavy atom. The first-order chi connectivity index (χ1) is 12.2. The summed E-state index contributed by atoms with van der Waals surface area (Å²) >= 11 is 5.96. The van der Waals surface area contributed by atoms with Gasteiger partial charge < -0.3 is 20.7 Å². The average molecular weight is 361 g/mol. The fourth-order valence-corrected chi connectivity index (χ4v) is 3.27. The van der Waals surface area contributed by atoms with Gasteiger partial charge in [0.2, 0.25) is 0 Å². The smallest absolute Gasteiger partial charge is 0.147 e. The third-order valence-corrected chi connectivity index (χ3v) is 4.92. The van der Waals surface area contributed by atoms with Gasteiger partial charge in [-0.05, 0) is 18.2 Å². The van der Waals surface area contributed by atoms with E-state index in [9.17, 15) is 0 Å². The van der Waals surface area contributed by atoms with E-state index in [-0.39, 0.29) is 0 Å². The number of nitrogens with zero attached hydrogens (tertiary/aromatic N) is 4. The van der Waals surface area contributed by atoms with Crippen LogP contribution in [-0.4, -0.2) is 60.3 Å². The summed E-state index contributed by atoms with van der Waals surface area (Å²) < 4.78 is 5.28. The molecule has 0 aliphatic carbocycles.